The zero-order valence-electron chi connectivity index (χ0n) is 15.7. The second-order valence-corrected chi connectivity index (χ2v) is 7.08. The van der Waals surface area contributed by atoms with Gasteiger partial charge in [0.05, 0.1) is 30.9 Å². The van der Waals surface area contributed by atoms with Gasteiger partial charge in [0.1, 0.15) is 11.8 Å². The van der Waals surface area contributed by atoms with E-state index < -0.39 is 0 Å². The standard InChI is InChI=1S/C20H24N4O2.2ClH/c21-11-15-4-7-19(8-5-15)26-14-16-3-6-17(10-16)23-13-20(25)24-9-1-2-18(24)12-22;;/h4-5,7-8,16-18,23H,1-3,6,9-10,13-14H2;2*1H/t16?,17?,18-;;/m0../s1. The molecule has 1 N–H and O–H groups in total. The number of hydrogen-bond donors (Lipinski definition) is 1. The van der Waals surface area contributed by atoms with Crippen molar-refractivity contribution in [1.29, 1.82) is 10.5 Å². The highest BCUT2D eigenvalue weighted by molar-refractivity contribution is 5.85. The van der Waals surface area contributed by atoms with Crippen LogP contribution in [0.15, 0.2) is 24.3 Å². The van der Waals surface area contributed by atoms with Crippen LogP contribution in [0, 0.1) is 28.6 Å². The van der Waals surface area contributed by atoms with Crippen molar-refractivity contribution in [2.24, 2.45) is 5.92 Å². The lowest BCUT2D eigenvalue weighted by molar-refractivity contribution is -0.130. The van der Waals surface area contributed by atoms with Crippen LogP contribution in [-0.2, 0) is 4.79 Å². The zero-order chi connectivity index (χ0) is 18.4. The molecule has 2 aliphatic rings. The number of carbonyl (C=O) groups excluding carboxylic acids is 1. The molecule has 1 amide bonds. The molecule has 6 nitrogen and oxygen atoms in total. The quantitative estimate of drug-likeness (QED) is 0.757. The molecule has 1 aliphatic heterocycles. The van der Waals surface area contributed by atoms with Crippen LogP contribution in [0.2, 0.25) is 0 Å². The number of benzene rings is 1. The summed E-state index contributed by atoms with van der Waals surface area (Å²) in [6.07, 6.45) is 4.82. The largest absolute Gasteiger partial charge is 0.493 e. The van der Waals surface area contributed by atoms with Crippen molar-refractivity contribution in [3.05, 3.63) is 29.8 Å². The average molecular weight is 425 g/mol. The Balaban J connectivity index is 0.00000196. The van der Waals surface area contributed by atoms with Crippen LogP contribution in [0.3, 0.4) is 0 Å². The molecule has 1 aromatic rings. The maximum absolute atomic E-state index is 12.3. The molecule has 8 heteroatoms. The van der Waals surface area contributed by atoms with E-state index in [0.717, 1.165) is 37.9 Å². The van der Waals surface area contributed by atoms with Crippen molar-refractivity contribution in [2.45, 2.75) is 44.2 Å². The first kappa shape index (κ1) is 24.0. The van der Waals surface area contributed by atoms with Crippen LogP contribution < -0.4 is 10.1 Å². The molecule has 0 radical (unpaired) electrons. The lowest BCUT2D eigenvalue weighted by atomic mass is 10.1. The molecule has 28 heavy (non-hydrogen) atoms. The summed E-state index contributed by atoms with van der Waals surface area (Å²) in [5.74, 6) is 1.29. The van der Waals surface area contributed by atoms with Crippen molar-refractivity contribution >= 4 is 30.7 Å². The highest BCUT2D eigenvalue weighted by Gasteiger charge is 2.30. The number of ether oxygens (including phenoxy) is 1. The normalized spacial score (nSPS) is 23.1. The summed E-state index contributed by atoms with van der Waals surface area (Å²) in [4.78, 5) is 14.0. The van der Waals surface area contributed by atoms with Crippen LogP contribution in [-0.4, -0.2) is 42.6 Å². The van der Waals surface area contributed by atoms with E-state index >= 15 is 0 Å². The van der Waals surface area contributed by atoms with Gasteiger partial charge in [0.2, 0.25) is 5.91 Å². The molecule has 0 bridgehead atoms. The van der Waals surface area contributed by atoms with E-state index in [1.807, 2.05) is 12.1 Å². The van der Waals surface area contributed by atoms with E-state index in [0.29, 0.717) is 37.2 Å². The minimum Gasteiger partial charge on any atom is -0.493 e. The molecule has 0 spiro atoms. The number of amides is 1. The summed E-state index contributed by atoms with van der Waals surface area (Å²) in [6, 6.07) is 11.5. The number of rotatable bonds is 6. The minimum absolute atomic E-state index is 0. The third-order valence-corrected chi connectivity index (χ3v) is 5.27. The van der Waals surface area contributed by atoms with Gasteiger partial charge in [0, 0.05) is 12.6 Å². The minimum atomic E-state index is -0.249. The maximum atomic E-state index is 12.3. The lowest BCUT2D eigenvalue weighted by Gasteiger charge is -2.21. The van der Waals surface area contributed by atoms with Crippen molar-refractivity contribution in [2.75, 3.05) is 19.7 Å². The molecule has 1 aromatic carbocycles. The first-order valence-corrected chi connectivity index (χ1v) is 9.25. The molecule has 1 heterocycles. The molecule has 1 saturated carbocycles. The highest BCUT2D eigenvalue weighted by Crippen LogP contribution is 2.26. The third-order valence-electron chi connectivity index (χ3n) is 5.27. The number of halogens is 2. The van der Waals surface area contributed by atoms with Gasteiger partial charge in [-0.15, -0.1) is 24.8 Å². The highest BCUT2D eigenvalue weighted by atomic mass is 35.5. The van der Waals surface area contributed by atoms with Crippen molar-refractivity contribution < 1.29 is 9.53 Å². The van der Waals surface area contributed by atoms with Gasteiger partial charge in [-0.25, -0.2) is 0 Å². The van der Waals surface area contributed by atoms with Gasteiger partial charge < -0.3 is 15.0 Å². The fraction of sp³-hybridized carbons (Fsp3) is 0.550. The smallest absolute Gasteiger partial charge is 0.237 e. The Morgan fingerprint density at radius 2 is 1.93 bits per heavy atom. The van der Waals surface area contributed by atoms with Gasteiger partial charge in [0.15, 0.2) is 0 Å². The summed E-state index contributed by atoms with van der Waals surface area (Å²) in [5.41, 5.74) is 0.629. The van der Waals surface area contributed by atoms with Crippen molar-refractivity contribution in [3.8, 4) is 17.9 Å². The van der Waals surface area contributed by atoms with Crippen LogP contribution in [0.25, 0.3) is 0 Å². The summed E-state index contributed by atoms with van der Waals surface area (Å²) in [7, 11) is 0. The first-order chi connectivity index (χ1) is 12.7. The lowest BCUT2D eigenvalue weighted by Crippen LogP contribution is -2.42. The second-order valence-electron chi connectivity index (χ2n) is 7.08. The maximum Gasteiger partial charge on any atom is 0.237 e. The number of carbonyl (C=O) groups is 1. The van der Waals surface area contributed by atoms with Crippen LogP contribution >= 0.6 is 24.8 Å². The number of likely N-dealkylation sites (tertiary alicyclic amines) is 1. The van der Waals surface area contributed by atoms with E-state index in [9.17, 15) is 4.79 Å². The van der Waals surface area contributed by atoms with Crippen LogP contribution in [0.5, 0.6) is 5.75 Å². The number of nitrogens with one attached hydrogen (secondary N) is 1. The van der Waals surface area contributed by atoms with E-state index in [1.165, 1.54) is 0 Å². The summed E-state index contributed by atoms with van der Waals surface area (Å²) < 4.78 is 5.82. The molecule has 3 rings (SSSR count). The van der Waals surface area contributed by atoms with E-state index in [1.54, 1.807) is 17.0 Å². The van der Waals surface area contributed by atoms with Gasteiger partial charge in [-0.2, -0.15) is 10.5 Å². The van der Waals surface area contributed by atoms with Crippen molar-refractivity contribution in [1.82, 2.24) is 10.2 Å². The number of nitriles is 2. The SMILES string of the molecule is Cl.Cl.N#Cc1ccc(OCC2CCC(NCC(=O)N3CCC[C@H]3C#N)C2)cc1. The van der Waals surface area contributed by atoms with Gasteiger partial charge in [-0.3, -0.25) is 4.79 Å². The molecular formula is C20H26Cl2N4O2. The molecule has 152 valence electrons. The van der Waals surface area contributed by atoms with E-state index in [-0.39, 0.29) is 36.8 Å². The fourth-order valence-electron chi connectivity index (χ4n) is 3.78. The molecule has 1 saturated heterocycles. The molecule has 3 atom stereocenters. The first-order valence-electron chi connectivity index (χ1n) is 9.25. The van der Waals surface area contributed by atoms with Gasteiger partial charge in [-0.05, 0) is 62.3 Å². The van der Waals surface area contributed by atoms with Crippen LogP contribution in [0.4, 0.5) is 0 Å². The summed E-state index contributed by atoms with van der Waals surface area (Å²) in [6.45, 7) is 1.66. The predicted molar refractivity (Wildman–Crippen MR) is 111 cm³/mol. The Morgan fingerprint density at radius 3 is 2.61 bits per heavy atom. The van der Waals surface area contributed by atoms with Gasteiger partial charge in [-0.1, -0.05) is 0 Å². The number of hydrogen-bond acceptors (Lipinski definition) is 5. The Morgan fingerprint density at radius 1 is 1.18 bits per heavy atom. The Labute approximate surface area is 178 Å². The predicted octanol–water partition coefficient (Wildman–Crippen LogP) is 3.05. The summed E-state index contributed by atoms with van der Waals surface area (Å²) in [5, 5.41) is 21.2. The van der Waals surface area contributed by atoms with E-state index in [2.05, 4.69) is 17.5 Å². The molecular weight excluding hydrogens is 399 g/mol. The van der Waals surface area contributed by atoms with Crippen molar-refractivity contribution in [3.63, 3.8) is 0 Å². The molecule has 0 aromatic heterocycles. The Hall–Kier alpha value is -1.99. The second kappa shape index (κ2) is 11.8. The average Bonchev–Trinajstić information content (AvgIpc) is 3.34. The fourth-order valence-corrected chi connectivity index (χ4v) is 3.78. The molecule has 2 unspecified atom stereocenters. The topological polar surface area (TPSA) is 89.2 Å². The molecule has 1 aliphatic carbocycles. The van der Waals surface area contributed by atoms with E-state index in [4.69, 9.17) is 15.3 Å². The third kappa shape index (κ3) is 6.27. The Bertz CT molecular complexity index is 714. The van der Waals surface area contributed by atoms with Crippen LogP contribution in [0.1, 0.15) is 37.7 Å². The monoisotopic (exact) mass is 424 g/mol. The number of nitrogens with zero attached hydrogens (tertiary/aromatic N) is 3. The molecule has 2 fully saturated rings. The summed E-state index contributed by atoms with van der Waals surface area (Å²) >= 11 is 0. The zero-order valence-corrected chi connectivity index (χ0v) is 17.3. The Kier molecular flexibility index (Phi) is 10.1. The van der Waals surface area contributed by atoms with Gasteiger partial charge in [0.25, 0.3) is 0 Å². The van der Waals surface area contributed by atoms with Gasteiger partial charge >= 0.3 is 0 Å².